The van der Waals surface area contributed by atoms with Gasteiger partial charge in [-0.1, -0.05) is 12.1 Å². The summed E-state index contributed by atoms with van der Waals surface area (Å²) in [4.78, 5) is 0. The van der Waals surface area contributed by atoms with E-state index in [2.05, 4.69) is 21.2 Å². The summed E-state index contributed by atoms with van der Waals surface area (Å²) in [5.41, 5.74) is 1.58. The molecule has 2 rings (SSSR count). The first-order valence-electron chi connectivity index (χ1n) is 6.02. The van der Waals surface area contributed by atoms with Gasteiger partial charge in [0, 0.05) is 0 Å². The Balaban J connectivity index is 2.41. The van der Waals surface area contributed by atoms with E-state index >= 15 is 0 Å². The van der Waals surface area contributed by atoms with Crippen LogP contribution < -0.4 is 10.1 Å². The van der Waals surface area contributed by atoms with Crippen LogP contribution >= 0.6 is 15.9 Å². The Labute approximate surface area is 124 Å². The van der Waals surface area contributed by atoms with Crippen LogP contribution in [-0.2, 0) is 0 Å². The van der Waals surface area contributed by atoms with E-state index in [9.17, 15) is 8.78 Å². The summed E-state index contributed by atoms with van der Waals surface area (Å²) < 4.78 is 32.4. The molecule has 0 spiro atoms. The van der Waals surface area contributed by atoms with Crippen molar-refractivity contribution in [2.75, 3.05) is 14.2 Å². The van der Waals surface area contributed by atoms with Gasteiger partial charge in [0.15, 0.2) is 11.6 Å². The van der Waals surface area contributed by atoms with Crippen molar-refractivity contribution < 1.29 is 13.5 Å². The summed E-state index contributed by atoms with van der Waals surface area (Å²) in [5, 5.41) is 3.10. The highest BCUT2D eigenvalue weighted by Gasteiger charge is 2.15. The lowest BCUT2D eigenvalue weighted by Gasteiger charge is -2.18. The first-order chi connectivity index (χ1) is 9.56. The molecule has 106 valence electrons. The van der Waals surface area contributed by atoms with E-state index in [1.165, 1.54) is 6.07 Å². The van der Waals surface area contributed by atoms with Crippen LogP contribution in [0.25, 0.3) is 0 Å². The lowest BCUT2D eigenvalue weighted by atomic mass is 9.98. The number of hydrogen-bond acceptors (Lipinski definition) is 2. The van der Waals surface area contributed by atoms with Crippen molar-refractivity contribution >= 4 is 15.9 Å². The minimum absolute atomic E-state index is 0.229. The number of nitrogens with one attached hydrogen (secondary N) is 1. The van der Waals surface area contributed by atoms with E-state index in [0.29, 0.717) is 11.3 Å². The smallest absolute Gasteiger partial charge is 0.159 e. The predicted molar refractivity (Wildman–Crippen MR) is 78.0 cm³/mol. The molecule has 0 aliphatic carbocycles. The number of benzene rings is 2. The highest BCUT2D eigenvalue weighted by atomic mass is 79.9. The molecule has 0 fully saturated rings. The summed E-state index contributed by atoms with van der Waals surface area (Å²) in [6.45, 7) is 0. The Morgan fingerprint density at radius 2 is 1.70 bits per heavy atom. The highest BCUT2D eigenvalue weighted by Crippen LogP contribution is 2.30. The fourth-order valence-electron chi connectivity index (χ4n) is 2.08. The zero-order valence-corrected chi connectivity index (χ0v) is 12.7. The van der Waals surface area contributed by atoms with Gasteiger partial charge in [-0.15, -0.1) is 0 Å². The zero-order valence-electron chi connectivity index (χ0n) is 11.1. The van der Waals surface area contributed by atoms with E-state index in [1.807, 2.05) is 18.2 Å². The van der Waals surface area contributed by atoms with Crippen molar-refractivity contribution in [3.05, 3.63) is 63.6 Å². The van der Waals surface area contributed by atoms with E-state index < -0.39 is 11.6 Å². The topological polar surface area (TPSA) is 21.3 Å². The second-order valence-corrected chi connectivity index (χ2v) is 5.14. The van der Waals surface area contributed by atoms with Crippen LogP contribution in [0.4, 0.5) is 8.78 Å². The Kier molecular flexibility index (Phi) is 4.73. The average molecular weight is 342 g/mol. The third-order valence-electron chi connectivity index (χ3n) is 3.07. The molecule has 2 aromatic rings. The molecule has 2 nitrogen and oxygen atoms in total. The van der Waals surface area contributed by atoms with E-state index in [-0.39, 0.29) is 6.04 Å². The van der Waals surface area contributed by atoms with Crippen LogP contribution in [0.5, 0.6) is 5.75 Å². The lowest BCUT2D eigenvalue weighted by Crippen LogP contribution is -2.18. The lowest BCUT2D eigenvalue weighted by molar-refractivity contribution is 0.412. The highest BCUT2D eigenvalue weighted by molar-refractivity contribution is 9.10. The summed E-state index contributed by atoms with van der Waals surface area (Å²) in [6.07, 6.45) is 0. The number of halogens is 3. The Morgan fingerprint density at radius 3 is 2.25 bits per heavy atom. The molecule has 0 aromatic heterocycles. The Morgan fingerprint density at radius 1 is 1.05 bits per heavy atom. The molecular weight excluding hydrogens is 328 g/mol. The van der Waals surface area contributed by atoms with E-state index in [0.717, 1.165) is 16.1 Å². The van der Waals surface area contributed by atoms with Gasteiger partial charge in [0.1, 0.15) is 5.75 Å². The molecule has 2 aromatic carbocycles. The van der Waals surface area contributed by atoms with Crippen LogP contribution in [0.3, 0.4) is 0 Å². The van der Waals surface area contributed by atoms with Crippen LogP contribution in [0, 0.1) is 11.6 Å². The van der Waals surface area contributed by atoms with Gasteiger partial charge < -0.3 is 10.1 Å². The molecule has 1 unspecified atom stereocenters. The van der Waals surface area contributed by atoms with Gasteiger partial charge in [0.05, 0.1) is 17.6 Å². The van der Waals surface area contributed by atoms with Crippen LogP contribution in [0.2, 0.25) is 0 Å². The van der Waals surface area contributed by atoms with Crippen molar-refractivity contribution in [2.45, 2.75) is 6.04 Å². The first-order valence-corrected chi connectivity index (χ1v) is 6.81. The molecule has 0 radical (unpaired) electrons. The van der Waals surface area contributed by atoms with Crippen LogP contribution in [0.1, 0.15) is 17.2 Å². The van der Waals surface area contributed by atoms with Crippen molar-refractivity contribution in [3.63, 3.8) is 0 Å². The fraction of sp³-hybridized carbons (Fsp3) is 0.200. The van der Waals surface area contributed by atoms with Gasteiger partial charge in [0.25, 0.3) is 0 Å². The van der Waals surface area contributed by atoms with Crippen molar-refractivity contribution in [3.8, 4) is 5.75 Å². The second kappa shape index (κ2) is 6.33. The Hall–Kier alpha value is -1.46. The molecule has 1 N–H and O–H groups in total. The number of rotatable bonds is 4. The number of ether oxygens (including phenoxy) is 1. The van der Waals surface area contributed by atoms with Crippen molar-refractivity contribution in [1.82, 2.24) is 5.32 Å². The molecule has 0 bridgehead atoms. The molecule has 0 heterocycles. The molecule has 0 aliphatic heterocycles. The number of hydrogen-bond donors (Lipinski definition) is 1. The second-order valence-electron chi connectivity index (χ2n) is 4.29. The average Bonchev–Trinajstić information content (AvgIpc) is 2.44. The molecule has 20 heavy (non-hydrogen) atoms. The number of methoxy groups -OCH3 is 1. The molecule has 0 saturated carbocycles. The summed E-state index contributed by atoms with van der Waals surface area (Å²) >= 11 is 3.42. The van der Waals surface area contributed by atoms with Crippen molar-refractivity contribution in [2.24, 2.45) is 0 Å². The van der Waals surface area contributed by atoms with Gasteiger partial charge in [-0.05, 0) is 58.4 Å². The monoisotopic (exact) mass is 341 g/mol. The molecular formula is C15H14BrF2NO. The van der Waals surface area contributed by atoms with Gasteiger partial charge in [-0.2, -0.15) is 0 Å². The van der Waals surface area contributed by atoms with Gasteiger partial charge >= 0.3 is 0 Å². The standard InChI is InChI=1S/C15H14BrF2NO/c1-19-15(10-3-5-12(17)13(18)8-10)9-4-6-14(20-2)11(16)7-9/h3-8,15,19H,1-2H3. The minimum Gasteiger partial charge on any atom is -0.496 e. The third kappa shape index (κ3) is 2.99. The van der Waals surface area contributed by atoms with Gasteiger partial charge in [0.2, 0.25) is 0 Å². The maximum atomic E-state index is 13.4. The molecule has 0 saturated heterocycles. The quantitative estimate of drug-likeness (QED) is 0.905. The molecule has 5 heteroatoms. The SMILES string of the molecule is CNC(c1ccc(F)c(F)c1)c1ccc(OC)c(Br)c1. The van der Waals surface area contributed by atoms with E-state index in [1.54, 1.807) is 20.2 Å². The fourth-order valence-corrected chi connectivity index (χ4v) is 2.64. The van der Waals surface area contributed by atoms with Crippen LogP contribution in [0.15, 0.2) is 40.9 Å². The zero-order chi connectivity index (χ0) is 14.7. The van der Waals surface area contributed by atoms with Crippen molar-refractivity contribution in [1.29, 1.82) is 0 Å². The minimum atomic E-state index is -0.852. The largest absolute Gasteiger partial charge is 0.496 e. The van der Waals surface area contributed by atoms with E-state index in [4.69, 9.17) is 4.74 Å². The maximum Gasteiger partial charge on any atom is 0.159 e. The molecule has 0 aliphatic rings. The normalized spacial score (nSPS) is 12.2. The molecule has 1 atom stereocenters. The van der Waals surface area contributed by atoms with Crippen LogP contribution in [-0.4, -0.2) is 14.2 Å². The first kappa shape index (κ1) is 14.9. The summed E-state index contributed by atoms with van der Waals surface area (Å²) in [6, 6.07) is 9.27. The third-order valence-corrected chi connectivity index (χ3v) is 3.69. The summed E-state index contributed by atoms with van der Waals surface area (Å²) in [7, 11) is 3.36. The Bertz CT molecular complexity index is 619. The molecule has 0 amide bonds. The maximum absolute atomic E-state index is 13.4. The summed E-state index contributed by atoms with van der Waals surface area (Å²) in [5.74, 6) is -0.983. The van der Waals surface area contributed by atoms with Gasteiger partial charge in [-0.25, -0.2) is 8.78 Å². The van der Waals surface area contributed by atoms with Gasteiger partial charge in [-0.3, -0.25) is 0 Å². The predicted octanol–water partition coefficient (Wildman–Crippen LogP) is 4.04.